The van der Waals surface area contributed by atoms with Crippen molar-refractivity contribution < 1.29 is 14.7 Å². The van der Waals surface area contributed by atoms with E-state index in [0.717, 1.165) is 5.56 Å². The molecular formula is C15H15N3O3. The first-order chi connectivity index (χ1) is 9.95. The first-order valence-corrected chi connectivity index (χ1v) is 6.38. The number of anilines is 1. The molecule has 2 aromatic rings. The lowest BCUT2D eigenvalue weighted by Gasteiger charge is -2.06. The van der Waals surface area contributed by atoms with Gasteiger partial charge in [-0.25, -0.2) is 14.8 Å². The highest BCUT2D eigenvalue weighted by molar-refractivity contribution is 5.92. The van der Waals surface area contributed by atoms with Crippen molar-refractivity contribution in [2.45, 2.75) is 20.3 Å². The number of carbonyl (C=O) groups is 2. The van der Waals surface area contributed by atoms with E-state index in [0.29, 0.717) is 17.2 Å². The monoisotopic (exact) mass is 285 g/mol. The Morgan fingerprint density at radius 2 is 1.86 bits per heavy atom. The van der Waals surface area contributed by atoms with E-state index in [4.69, 9.17) is 5.11 Å². The highest BCUT2D eigenvalue weighted by atomic mass is 16.4. The van der Waals surface area contributed by atoms with Gasteiger partial charge in [0.15, 0.2) is 0 Å². The number of carboxylic acids is 1. The second kappa shape index (κ2) is 6.13. The van der Waals surface area contributed by atoms with Crippen LogP contribution in [-0.4, -0.2) is 27.0 Å². The smallest absolute Gasteiger partial charge is 0.339 e. The Balaban J connectivity index is 2.04. The number of aromatic carboxylic acids is 1. The fourth-order valence-electron chi connectivity index (χ4n) is 1.80. The highest BCUT2D eigenvalue weighted by Crippen LogP contribution is 2.09. The Hall–Kier alpha value is -2.76. The molecule has 1 aromatic carbocycles. The van der Waals surface area contributed by atoms with Crippen molar-refractivity contribution in [1.29, 1.82) is 0 Å². The zero-order chi connectivity index (χ0) is 15.4. The second-order valence-electron chi connectivity index (χ2n) is 4.68. The number of amides is 1. The van der Waals surface area contributed by atoms with Crippen molar-refractivity contribution in [3.05, 3.63) is 53.1 Å². The van der Waals surface area contributed by atoms with Crippen LogP contribution in [0.1, 0.15) is 27.4 Å². The fourth-order valence-corrected chi connectivity index (χ4v) is 1.80. The van der Waals surface area contributed by atoms with Gasteiger partial charge in [-0.2, -0.15) is 0 Å². The molecule has 0 aliphatic carbocycles. The van der Waals surface area contributed by atoms with Gasteiger partial charge in [0.2, 0.25) is 5.91 Å². The average molecular weight is 285 g/mol. The lowest BCUT2D eigenvalue weighted by Crippen LogP contribution is -2.17. The highest BCUT2D eigenvalue weighted by Gasteiger charge is 2.12. The largest absolute Gasteiger partial charge is 0.478 e. The van der Waals surface area contributed by atoms with Crippen LogP contribution in [-0.2, 0) is 11.2 Å². The molecule has 0 unspecified atom stereocenters. The first-order valence-electron chi connectivity index (χ1n) is 6.38. The summed E-state index contributed by atoms with van der Waals surface area (Å²) >= 11 is 0. The number of nitrogens with zero attached hydrogens (tertiary/aromatic N) is 2. The molecule has 1 aromatic heterocycles. The molecule has 0 aliphatic heterocycles. The Morgan fingerprint density at radius 3 is 2.43 bits per heavy atom. The van der Waals surface area contributed by atoms with Gasteiger partial charge < -0.3 is 10.4 Å². The molecule has 108 valence electrons. The maximum absolute atomic E-state index is 11.9. The molecule has 0 bridgehead atoms. The molecular weight excluding hydrogens is 270 g/mol. The van der Waals surface area contributed by atoms with Crippen molar-refractivity contribution in [1.82, 2.24) is 9.97 Å². The molecule has 0 atom stereocenters. The predicted octanol–water partition coefficient (Wildman–Crippen LogP) is 1.97. The number of carboxylic acid groups (broad SMARTS) is 1. The van der Waals surface area contributed by atoms with Crippen LogP contribution < -0.4 is 5.32 Å². The van der Waals surface area contributed by atoms with E-state index in [-0.39, 0.29) is 17.9 Å². The lowest BCUT2D eigenvalue weighted by atomic mass is 10.2. The maximum atomic E-state index is 11.9. The summed E-state index contributed by atoms with van der Waals surface area (Å²) in [5.74, 6) is -1.04. The maximum Gasteiger partial charge on any atom is 0.339 e. The summed E-state index contributed by atoms with van der Waals surface area (Å²) < 4.78 is 0. The summed E-state index contributed by atoms with van der Waals surface area (Å²) in [5, 5.41) is 11.6. The Labute approximate surface area is 121 Å². The molecule has 0 aliphatic rings. The van der Waals surface area contributed by atoms with Crippen LogP contribution >= 0.6 is 0 Å². The van der Waals surface area contributed by atoms with Crippen LogP contribution in [0, 0.1) is 13.8 Å². The van der Waals surface area contributed by atoms with Crippen LogP contribution in [0.4, 0.5) is 5.69 Å². The molecule has 0 saturated carbocycles. The number of hydrogen-bond acceptors (Lipinski definition) is 4. The first kappa shape index (κ1) is 14.6. The number of nitrogens with one attached hydrogen (secondary N) is 1. The number of benzene rings is 1. The zero-order valence-electron chi connectivity index (χ0n) is 11.8. The zero-order valence-corrected chi connectivity index (χ0v) is 11.8. The summed E-state index contributed by atoms with van der Waals surface area (Å²) in [5.41, 5.74) is 2.19. The van der Waals surface area contributed by atoms with Crippen LogP contribution in [0.15, 0.2) is 30.5 Å². The minimum absolute atomic E-state index is 0.00534. The number of carbonyl (C=O) groups excluding carboxylic acids is 1. The quantitative estimate of drug-likeness (QED) is 0.896. The SMILES string of the molecule is Cc1ccc(NC(=O)Cc2ncc(C(=O)O)c(C)n2)cc1. The van der Waals surface area contributed by atoms with E-state index in [1.54, 1.807) is 6.92 Å². The van der Waals surface area contributed by atoms with E-state index in [2.05, 4.69) is 15.3 Å². The van der Waals surface area contributed by atoms with Gasteiger partial charge in [-0.05, 0) is 26.0 Å². The molecule has 6 heteroatoms. The minimum atomic E-state index is -1.08. The molecule has 21 heavy (non-hydrogen) atoms. The van der Waals surface area contributed by atoms with Crippen LogP contribution in [0.25, 0.3) is 0 Å². The van der Waals surface area contributed by atoms with Crippen LogP contribution in [0.2, 0.25) is 0 Å². The van der Waals surface area contributed by atoms with Gasteiger partial charge in [0.25, 0.3) is 0 Å². The number of aryl methyl sites for hydroxylation is 2. The number of rotatable bonds is 4. The van der Waals surface area contributed by atoms with E-state index in [9.17, 15) is 9.59 Å². The third-order valence-electron chi connectivity index (χ3n) is 2.91. The third-order valence-corrected chi connectivity index (χ3v) is 2.91. The molecule has 0 saturated heterocycles. The molecule has 0 spiro atoms. The minimum Gasteiger partial charge on any atom is -0.478 e. The van der Waals surface area contributed by atoms with Gasteiger partial charge in [0.1, 0.15) is 5.82 Å². The lowest BCUT2D eigenvalue weighted by molar-refractivity contribution is -0.115. The summed E-state index contributed by atoms with van der Waals surface area (Å²) in [7, 11) is 0. The van der Waals surface area contributed by atoms with Gasteiger partial charge in [-0.3, -0.25) is 4.79 Å². The van der Waals surface area contributed by atoms with Crippen molar-refractivity contribution in [3.63, 3.8) is 0 Å². The Kier molecular flexibility index (Phi) is 4.27. The second-order valence-corrected chi connectivity index (χ2v) is 4.68. The topological polar surface area (TPSA) is 92.2 Å². The summed E-state index contributed by atoms with van der Waals surface area (Å²) in [4.78, 5) is 30.7. The van der Waals surface area contributed by atoms with Gasteiger partial charge in [-0.15, -0.1) is 0 Å². The van der Waals surface area contributed by atoms with E-state index >= 15 is 0 Å². The molecule has 0 radical (unpaired) electrons. The number of aromatic nitrogens is 2. The summed E-state index contributed by atoms with van der Waals surface area (Å²) in [6, 6.07) is 7.43. The van der Waals surface area contributed by atoms with Crippen molar-refractivity contribution in [2.24, 2.45) is 0 Å². The van der Waals surface area contributed by atoms with Crippen LogP contribution in [0.5, 0.6) is 0 Å². The third kappa shape index (κ3) is 3.85. The van der Waals surface area contributed by atoms with Gasteiger partial charge in [-0.1, -0.05) is 17.7 Å². The summed E-state index contributed by atoms with van der Waals surface area (Å²) in [6.45, 7) is 3.54. The Bertz CT molecular complexity index is 681. The molecule has 6 nitrogen and oxygen atoms in total. The normalized spacial score (nSPS) is 10.2. The van der Waals surface area contributed by atoms with Crippen molar-refractivity contribution >= 4 is 17.6 Å². The number of hydrogen-bond donors (Lipinski definition) is 2. The standard InChI is InChI=1S/C15H15N3O3/c1-9-3-5-11(6-4-9)18-14(19)7-13-16-8-12(15(20)21)10(2)17-13/h3-6,8H,7H2,1-2H3,(H,18,19)(H,20,21). The fraction of sp³-hybridized carbons (Fsp3) is 0.200. The molecule has 0 fully saturated rings. The van der Waals surface area contributed by atoms with Gasteiger partial charge in [0.05, 0.1) is 17.7 Å². The molecule has 1 amide bonds. The van der Waals surface area contributed by atoms with Crippen molar-refractivity contribution in [2.75, 3.05) is 5.32 Å². The van der Waals surface area contributed by atoms with E-state index < -0.39 is 5.97 Å². The summed E-state index contributed by atoms with van der Waals surface area (Å²) in [6.07, 6.45) is 1.22. The predicted molar refractivity (Wildman–Crippen MR) is 77.2 cm³/mol. The van der Waals surface area contributed by atoms with E-state index in [1.165, 1.54) is 6.20 Å². The molecule has 2 rings (SSSR count). The van der Waals surface area contributed by atoms with Gasteiger partial charge >= 0.3 is 5.97 Å². The van der Waals surface area contributed by atoms with Gasteiger partial charge in [0, 0.05) is 11.9 Å². The van der Waals surface area contributed by atoms with Crippen molar-refractivity contribution in [3.8, 4) is 0 Å². The van der Waals surface area contributed by atoms with E-state index in [1.807, 2.05) is 31.2 Å². The van der Waals surface area contributed by atoms with Crippen LogP contribution in [0.3, 0.4) is 0 Å². The molecule has 1 heterocycles. The molecule has 2 N–H and O–H groups in total. The average Bonchev–Trinajstić information content (AvgIpc) is 2.41. The Morgan fingerprint density at radius 1 is 1.19 bits per heavy atom.